The van der Waals surface area contributed by atoms with Crippen molar-refractivity contribution in [3.8, 4) is 0 Å². The molecule has 0 aromatic heterocycles. The molecular weight excluding hydrogens is 383 g/mol. The van der Waals surface area contributed by atoms with E-state index in [-0.39, 0.29) is 16.3 Å². The van der Waals surface area contributed by atoms with E-state index in [4.69, 9.17) is 11.6 Å². The van der Waals surface area contributed by atoms with Gasteiger partial charge in [-0.05, 0) is 48.5 Å². The van der Waals surface area contributed by atoms with Gasteiger partial charge in [0.25, 0.3) is 17.7 Å². The summed E-state index contributed by atoms with van der Waals surface area (Å²) in [7, 11) is 0. The lowest BCUT2D eigenvalue weighted by Gasteiger charge is -2.15. The smallest absolute Gasteiger partial charge is 0.266 e. The predicted octanol–water partition coefficient (Wildman–Crippen LogP) is 4.53. The molecule has 0 aliphatic carbocycles. The second-order valence-corrected chi connectivity index (χ2v) is 6.53. The van der Waals surface area contributed by atoms with Crippen molar-refractivity contribution in [1.82, 2.24) is 0 Å². The third-order valence-electron chi connectivity index (χ3n) is 4.34. The summed E-state index contributed by atoms with van der Waals surface area (Å²) in [6.07, 6.45) is 0. The molecule has 1 heterocycles. The zero-order valence-electron chi connectivity index (χ0n) is 14.3. The standard InChI is InChI=1S/C21H12ClFN2O3/c22-17-11-13(8-9-18(17)23)24-19(26)12-4-3-5-14(10-12)25-20(27)15-6-1-2-7-16(15)21(25)28/h1-11H,(H,24,26). The molecule has 3 amide bonds. The maximum absolute atomic E-state index is 13.3. The van der Waals surface area contributed by atoms with Crippen LogP contribution in [0.2, 0.25) is 5.02 Å². The Labute approximate surface area is 164 Å². The van der Waals surface area contributed by atoms with Gasteiger partial charge in [-0.2, -0.15) is 0 Å². The Hall–Kier alpha value is -3.51. The Balaban J connectivity index is 1.62. The van der Waals surface area contributed by atoms with E-state index in [0.29, 0.717) is 16.8 Å². The second kappa shape index (κ2) is 6.90. The summed E-state index contributed by atoms with van der Waals surface area (Å²) in [6.45, 7) is 0. The van der Waals surface area contributed by atoms with Gasteiger partial charge in [0.05, 0.1) is 21.8 Å². The highest BCUT2D eigenvalue weighted by Crippen LogP contribution is 2.29. The van der Waals surface area contributed by atoms with Crippen molar-refractivity contribution in [2.75, 3.05) is 10.2 Å². The van der Waals surface area contributed by atoms with Crippen LogP contribution in [0.1, 0.15) is 31.1 Å². The van der Waals surface area contributed by atoms with Gasteiger partial charge in [-0.1, -0.05) is 29.8 Å². The van der Waals surface area contributed by atoms with Gasteiger partial charge >= 0.3 is 0 Å². The quantitative estimate of drug-likeness (QED) is 0.663. The molecule has 7 heteroatoms. The lowest BCUT2D eigenvalue weighted by atomic mass is 10.1. The topological polar surface area (TPSA) is 66.5 Å². The number of hydrogen-bond donors (Lipinski definition) is 1. The van der Waals surface area contributed by atoms with E-state index in [1.807, 2.05) is 0 Å². The number of nitrogens with one attached hydrogen (secondary N) is 1. The molecule has 28 heavy (non-hydrogen) atoms. The van der Waals surface area contributed by atoms with Crippen molar-refractivity contribution in [1.29, 1.82) is 0 Å². The van der Waals surface area contributed by atoms with Crippen LogP contribution in [0.25, 0.3) is 0 Å². The van der Waals surface area contributed by atoms with E-state index in [0.717, 1.165) is 11.0 Å². The average molecular weight is 395 g/mol. The zero-order chi connectivity index (χ0) is 19.8. The first-order valence-electron chi connectivity index (χ1n) is 8.30. The number of anilines is 2. The SMILES string of the molecule is O=C(Nc1ccc(F)c(Cl)c1)c1cccc(N2C(=O)c3ccccc3C2=O)c1. The Kier molecular flexibility index (Phi) is 4.41. The van der Waals surface area contributed by atoms with Crippen LogP contribution in [0.5, 0.6) is 0 Å². The lowest BCUT2D eigenvalue weighted by molar-refractivity contribution is 0.0924. The van der Waals surface area contributed by atoms with Crippen LogP contribution < -0.4 is 10.2 Å². The lowest BCUT2D eigenvalue weighted by Crippen LogP contribution is -2.29. The van der Waals surface area contributed by atoms with Crippen molar-refractivity contribution in [3.63, 3.8) is 0 Å². The third-order valence-corrected chi connectivity index (χ3v) is 4.63. The molecule has 1 aliphatic heterocycles. The number of carbonyl (C=O) groups is 3. The van der Waals surface area contributed by atoms with E-state index >= 15 is 0 Å². The van der Waals surface area contributed by atoms with Crippen molar-refractivity contribution >= 4 is 40.7 Å². The van der Waals surface area contributed by atoms with Crippen molar-refractivity contribution < 1.29 is 18.8 Å². The molecule has 3 aromatic rings. The minimum Gasteiger partial charge on any atom is -0.322 e. The van der Waals surface area contributed by atoms with E-state index < -0.39 is 23.5 Å². The zero-order valence-corrected chi connectivity index (χ0v) is 15.0. The first kappa shape index (κ1) is 17.9. The van der Waals surface area contributed by atoms with Crippen molar-refractivity contribution in [3.05, 3.63) is 94.3 Å². The maximum Gasteiger partial charge on any atom is 0.266 e. The molecule has 0 fully saturated rings. The van der Waals surface area contributed by atoms with Crippen LogP contribution in [0, 0.1) is 5.82 Å². The molecule has 0 saturated carbocycles. The van der Waals surface area contributed by atoms with E-state index in [1.165, 1.54) is 18.2 Å². The number of rotatable bonds is 3. The summed E-state index contributed by atoms with van der Waals surface area (Å²) in [5.74, 6) is -1.96. The van der Waals surface area contributed by atoms with Gasteiger partial charge in [-0.15, -0.1) is 0 Å². The number of fused-ring (bicyclic) bond motifs is 1. The molecule has 4 rings (SSSR count). The number of nitrogens with zero attached hydrogens (tertiary/aromatic N) is 1. The molecule has 0 atom stereocenters. The highest BCUT2D eigenvalue weighted by atomic mass is 35.5. The van der Waals surface area contributed by atoms with Crippen molar-refractivity contribution in [2.45, 2.75) is 0 Å². The Morgan fingerprint density at radius 1 is 0.893 bits per heavy atom. The fourth-order valence-electron chi connectivity index (χ4n) is 2.99. The largest absolute Gasteiger partial charge is 0.322 e. The Morgan fingerprint density at radius 2 is 1.57 bits per heavy atom. The molecule has 0 radical (unpaired) electrons. The van der Waals surface area contributed by atoms with Gasteiger partial charge in [0.2, 0.25) is 0 Å². The molecule has 138 valence electrons. The molecule has 5 nitrogen and oxygen atoms in total. The minimum absolute atomic E-state index is 0.113. The summed E-state index contributed by atoms with van der Waals surface area (Å²) in [5, 5.41) is 2.49. The highest BCUT2D eigenvalue weighted by molar-refractivity contribution is 6.34. The van der Waals surface area contributed by atoms with Gasteiger partial charge in [-0.25, -0.2) is 9.29 Å². The van der Waals surface area contributed by atoms with Crippen LogP contribution in [-0.2, 0) is 0 Å². The van der Waals surface area contributed by atoms with Crippen molar-refractivity contribution in [2.24, 2.45) is 0 Å². The number of carbonyl (C=O) groups excluding carboxylic acids is 3. The fraction of sp³-hybridized carbons (Fsp3) is 0. The van der Waals surface area contributed by atoms with E-state index in [2.05, 4.69) is 5.32 Å². The first-order valence-corrected chi connectivity index (χ1v) is 8.68. The van der Waals surface area contributed by atoms with Crippen LogP contribution in [0.15, 0.2) is 66.7 Å². The normalized spacial score (nSPS) is 12.9. The van der Waals surface area contributed by atoms with Gasteiger partial charge in [0.15, 0.2) is 0 Å². The molecule has 0 unspecified atom stereocenters. The van der Waals surface area contributed by atoms with Gasteiger partial charge in [0.1, 0.15) is 5.82 Å². The molecule has 0 saturated heterocycles. The summed E-state index contributed by atoms with van der Waals surface area (Å²) < 4.78 is 13.3. The van der Waals surface area contributed by atoms with Gasteiger partial charge < -0.3 is 5.32 Å². The van der Waals surface area contributed by atoms with Gasteiger partial charge in [-0.3, -0.25) is 14.4 Å². The molecule has 0 spiro atoms. The predicted molar refractivity (Wildman–Crippen MR) is 103 cm³/mol. The van der Waals surface area contributed by atoms with E-state index in [9.17, 15) is 18.8 Å². The average Bonchev–Trinajstić information content (AvgIpc) is 2.96. The minimum atomic E-state index is -0.590. The van der Waals surface area contributed by atoms with E-state index in [1.54, 1.807) is 42.5 Å². The van der Waals surface area contributed by atoms with Crippen LogP contribution in [0.3, 0.4) is 0 Å². The second-order valence-electron chi connectivity index (χ2n) is 6.12. The molecule has 1 aliphatic rings. The van der Waals surface area contributed by atoms with Crippen LogP contribution >= 0.6 is 11.6 Å². The van der Waals surface area contributed by atoms with Crippen LogP contribution in [0.4, 0.5) is 15.8 Å². The molecular formula is C21H12ClFN2O3. The molecule has 1 N–H and O–H groups in total. The Morgan fingerprint density at radius 3 is 2.21 bits per heavy atom. The fourth-order valence-corrected chi connectivity index (χ4v) is 3.17. The number of halogens is 2. The maximum atomic E-state index is 13.3. The monoisotopic (exact) mass is 394 g/mol. The summed E-state index contributed by atoms with van der Waals surface area (Å²) in [6, 6.07) is 16.5. The highest BCUT2D eigenvalue weighted by Gasteiger charge is 2.36. The number of imide groups is 1. The van der Waals surface area contributed by atoms with Crippen LogP contribution in [-0.4, -0.2) is 17.7 Å². The summed E-state index contributed by atoms with van der Waals surface area (Å²) in [4.78, 5) is 38.8. The first-order chi connectivity index (χ1) is 13.5. The molecule has 0 bridgehead atoms. The third kappa shape index (κ3) is 3.04. The molecule has 3 aromatic carbocycles. The summed E-state index contributed by atoms with van der Waals surface area (Å²) >= 11 is 5.72. The Bertz CT molecular complexity index is 1110. The summed E-state index contributed by atoms with van der Waals surface area (Å²) in [5.41, 5.74) is 1.49. The number of benzene rings is 3. The number of amides is 3. The number of hydrogen-bond acceptors (Lipinski definition) is 3. The van der Waals surface area contributed by atoms with Gasteiger partial charge in [0, 0.05) is 11.3 Å².